The van der Waals surface area contributed by atoms with E-state index < -0.39 is 55.2 Å². The molecule has 1 saturated heterocycles. The molecule has 8 N–H and O–H groups in total. The second kappa shape index (κ2) is 6.92. The highest BCUT2D eigenvalue weighted by Crippen LogP contribution is 2.22. The molecule has 1 fully saturated rings. The van der Waals surface area contributed by atoms with Crippen LogP contribution >= 0.6 is 0 Å². The zero-order chi connectivity index (χ0) is 15.4. The van der Waals surface area contributed by atoms with Gasteiger partial charge in [-0.1, -0.05) is 0 Å². The summed E-state index contributed by atoms with van der Waals surface area (Å²) >= 11 is 0. The number of carbonyl (C=O) groups is 2. The number of nitrogens with two attached hydrogens (primary N) is 2. The summed E-state index contributed by atoms with van der Waals surface area (Å²) in [5, 5.41) is 37.9. The molecule has 10 heteroatoms. The Morgan fingerprint density at radius 2 is 1.85 bits per heavy atom. The summed E-state index contributed by atoms with van der Waals surface area (Å²) in [6, 6.07) is 0. The van der Waals surface area contributed by atoms with E-state index in [2.05, 4.69) is 0 Å². The quantitative estimate of drug-likeness (QED) is 0.293. The predicted octanol–water partition coefficient (Wildman–Crippen LogP) is -4.47. The Kier molecular flexibility index (Phi) is 5.80. The van der Waals surface area contributed by atoms with E-state index in [-0.39, 0.29) is 6.42 Å². The first-order valence-electron chi connectivity index (χ1n) is 5.82. The van der Waals surface area contributed by atoms with Gasteiger partial charge in [-0.15, -0.1) is 0 Å². The molecule has 1 heterocycles. The van der Waals surface area contributed by atoms with Crippen LogP contribution < -0.4 is 11.5 Å². The zero-order valence-corrected chi connectivity index (χ0v) is 10.5. The average Bonchev–Trinajstić information content (AvgIpc) is 2.46. The van der Waals surface area contributed by atoms with E-state index in [1.165, 1.54) is 0 Å². The van der Waals surface area contributed by atoms with Crippen LogP contribution in [0.1, 0.15) is 6.42 Å². The van der Waals surface area contributed by atoms with Crippen LogP contribution in [-0.4, -0.2) is 75.7 Å². The lowest BCUT2D eigenvalue weighted by atomic mass is 10.0. The second-order valence-corrected chi connectivity index (χ2v) is 4.40. The molecule has 1 rings (SSSR count). The Morgan fingerprint density at radius 1 is 1.25 bits per heavy atom. The summed E-state index contributed by atoms with van der Waals surface area (Å²) in [4.78, 5) is 22.1. The molecular weight excluding hydrogens is 276 g/mol. The van der Waals surface area contributed by atoms with Crippen molar-refractivity contribution in [1.29, 1.82) is 0 Å². The van der Waals surface area contributed by atoms with E-state index in [4.69, 9.17) is 26.0 Å². The SMILES string of the molecule is NC(=O)C(CO)O[C@@H]1OC(C(N)=O)[C@@H](O)C(O)CC1O. The van der Waals surface area contributed by atoms with Crippen LogP contribution in [0.25, 0.3) is 0 Å². The normalized spacial score (nSPS) is 36.1. The summed E-state index contributed by atoms with van der Waals surface area (Å²) in [5.74, 6) is -2.09. The van der Waals surface area contributed by atoms with E-state index in [1.807, 2.05) is 0 Å². The average molecular weight is 294 g/mol. The van der Waals surface area contributed by atoms with Crippen molar-refractivity contribution < 1.29 is 39.5 Å². The van der Waals surface area contributed by atoms with Gasteiger partial charge in [-0.3, -0.25) is 9.59 Å². The van der Waals surface area contributed by atoms with E-state index >= 15 is 0 Å². The molecule has 2 amide bonds. The number of hydrogen-bond donors (Lipinski definition) is 6. The molecule has 10 nitrogen and oxygen atoms in total. The number of aliphatic hydroxyl groups is 4. The molecule has 0 aliphatic carbocycles. The molecule has 0 aromatic carbocycles. The molecule has 1 aliphatic rings. The molecule has 0 spiro atoms. The molecular formula is C10H18N2O8. The molecule has 0 aromatic heterocycles. The Hall–Kier alpha value is -1.30. The monoisotopic (exact) mass is 294 g/mol. The largest absolute Gasteiger partial charge is 0.393 e. The number of hydrogen-bond acceptors (Lipinski definition) is 8. The number of rotatable bonds is 5. The Morgan fingerprint density at radius 3 is 2.30 bits per heavy atom. The molecule has 20 heavy (non-hydrogen) atoms. The zero-order valence-electron chi connectivity index (χ0n) is 10.5. The van der Waals surface area contributed by atoms with E-state index in [9.17, 15) is 24.9 Å². The number of aliphatic hydroxyl groups excluding tert-OH is 4. The summed E-state index contributed by atoms with van der Waals surface area (Å²) < 4.78 is 9.92. The Labute approximate surface area is 113 Å². The van der Waals surface area contributed by atoms with Gasteiger partial charge in [-0.2, -0.15) is 0 Å². The number of amides is 2. The van der Waals surface area contributed by atoms with Gasteiger partial charge in [0.1, 0.15) is 12.2 Å². The van der Waals surface area contributed by atoms with Crippen molar-refractivity contribution in [3.8, 4) is 0 Å². The highest BCUT2D eigenvalue weighted by Gasteiger charge is 2.42. The van der Waals surface area contributed by atoms with Crippen LogP contribution in [0.4, 0.5) is 0 Å². The van der Waals surface area contributed by atoms with E-state index in [0.29, 0.717) is 0 Å². The van der Waals surface area contributed by atoms with Gasteiger partial charge in [0, 0.05) is 6.42 Å². The van der Waals surface area contributed by atoms with Crippen molar-refractivity contribution in [2.75, 3.05) is 6.61 Å². The third-order valence-electron chi connectivity index (χ3n) is 2.84. The molecule has 1 aliphatic heterocycles. The minimum atomic E-state index is -1.66. The minimum absolute atomic E-state index is 0.382. The maximum atomic E-state index is 11.2. The van der Waals surface area contributed by atoms with Gasteiger partial charge in [-0.25, -0.2) is 0 Å². The maximum absolute atomic E-state index is 11.2. The second-order valence-electron chi connectivity index (χ2n) is 4.40. The first-order valence-corrected chi connectivity index (χ1v) is 5.82. The van der Waals surface area contributed by atoms with Gasteiger partial charge in [-0.05, 0) is 0 Å². The summed E-state index contributed by atoms with van der Waals surface area (Å²) in [6.45, 7) is -0.770. The Bertz CT molecular complexity index is 365. The molecule has 0 aromatic rings. The van der Waals surface area contributed by atoms with Gasteiger partial charge in [0.25, 0.3) is 0 Å². The highest BCUT2D eigenvalue weighted by molar-refractivity contribution is 5.80. The molecule has 6 atom stereocenters. The number of carbonyl (C=O) groups excluding carboxylic acids is 2. The van der Waals surface area contributed by atoms with Gasteiger partial charge in [0.2, 0.25) is 11.8 Å². The smallest absolute Gasteiger partial charge is 0.249 e. The molecule has 116 valence electrons. The molecule has 4 unspecified atom stereocenters. The third kappa shape index (κ3) is 3.85. The van der Waals surface area contributed by atoms with Crippen LogP contribution in [0.2, 0.25) is 0 Å². The van der Waals surface area contributed by atoms with Crippen molar-refractivity contribution in [2.24, 2.45) is 11.5 Å². The topological polar surface area (TPSA) is 186 Å². The predicted molar refractivity (Wildman–Crippen MR) is 61.6 cm³/mol. The van der Waals surface area contributed by atoms with Crippen molar-refractivity contribution in [3.05, 3.63) is 0 Å². The van der Waals surface area contributed by atoms with Crippen LogP contribution in [0, 0.1) is 0 Å². The molecule has 0 bridgehead atoms. The first kappa shape index (κ1) is 16.8. The Balaban J connectivity index is 2.88. The molecule has 0 saturated carbocycles. The lowest BCUT2D eigenvalue weighted by Gasteiger charge is -2.26. The minimum Gasteiger partial charge on any atom is -0.393 e. The highest BCUT2D eigenvalue weighted by atomic mass is 16.7. The summed E-state index contributed by atoms with van der Waals surface area (Å²) in [5.41, 5.74) is 9.95. The van der Waals surface area contributed by atoms with Crippen LogP contribution in [0.15, 0.2) is 0 Å². The lowest BCUT2D eigenvalue weighted by Crippen LogP contribution is -2.48. The van der Waals surface area contributed by atoms with Crippen molar-refractivity contribution >= 4 is 11.8 Å². The summed E-state index contributed by atoms with van der Waals surface area (Å²) in [7, 11) is 0. The number of primary amides is 2. The van der Waals surface area contributed by atoms with Crippen LogP contribution in [0.5, 0.6) is 0 Å². The fourth-order valence-electron chi connectivity index (χ4n) is 1.74. The van der Waals surface area contributed by atoms with Gasteiger partial charge >= 0.3 is 0 Å². The van der Waals surface area contributed by atoms with Gasteiger partial charge < -0.3 is 41.4 Å². The maximum Gasteiger partial charge on any atom is 0.249 e. The fourth-order valence-corrected chi connectivity index (χ4v) is 1.74. The summed E-state index contributed by atoms with van der Waals surface area (Å²) in [6.07, 6.45) is -9.66. The van der Waals surface area contributed by atoms with E-state index in [0.717, 1.165) is 0 Å². The number of ether oxygens (including phenoxy) is 2. The standard InChI is InChI=1S/C10H18N2O8/c11-8(17)5(2-13)19-10-4(15)1-3(14)6(16)7(20-10)9(12)18/h3-7,10,13-16H,1-2H2,(H2,11,17)(H2,12,18)/t3?,4?,5?,6-,7?,10+/m0/s1. The van der Waals surface area contributed by atoms with Gasteiger partial charge in [0.15, 0.2) is 18.5 Å². The lowest BCUT2D eigenvalue weighted by molar-refractivity contribution is -0.235. The first-order chi connectivity index (χ1) is 9.27. The third-order valence-corrected chi connectivity index (χ3v) is 2.84. The molecule has 0 radical (unpaired) electrons. The van der Waals surface area contributed by atoms with Crippen LogP contribution in [-0.2, 0) is 19.1 Å². The van der Waals surface area contributed by atoms with Gasteiger partial charge in [0.05, 0.1) is 12.7 Å². The fraction of sp³-hybridized carbons (Fsp3) is 0.800. The van der Waals surface area contributed by atoms with E-state index in [1.54, 1.807) is 0 Å². The van der Waals surface area contributed by atoms with Crippen molar-refractivity contribution in [1.82, 2.24) is 0 Å². The van der Waals surface area contributed by atoms with Crippen LogP contribution in [0.3, 0.4) is 0 Å². The van der Waals surface area contributed by atoms with Crippen molar-refractivity contribution in [3.63, 3.8) is 0 Å². The van der Waals surface area contributed by atoms with Crippen molar-refractivity contribution in [2.45, 2.75) is 43.2 Å².